The van der Waals surface area contributed by atoms with Crippen molar-refractivity contribution >= 4 is 40.6 Å². The minimum atomic E-state index is -1.31. The molecule has 3 aliphatic heterocycles. The average Bonchev–Trinajstić information content (AvgIpc) is 3.84. The van der Waals surface area contributed by atoms with Crippen LogP contribution in [-0.4, -0.2) is 149 Å². The van der Waals surface area contributed by atoms with Crippen LogP contribution >= 0.6 is 0 Å². The van der Waals surface area contributed by atoms with Gasteiger partial charge in [-0.25, -0.2) is 4.79 Å². The summed E-state index contributed by atoms with van der Waals surface area (Å²) in [5, 5.41) is 12.6. The van der Waals surface area contributed by atoms with Gasteiger partial charge in [0.15, 0.2) is 17.7 Å². The Bertz CT molecular complexity index is 1890. The molecule has 62 heavy (non-hydrogen) atoms. The number of fused-ring (bicyclic) bond motifs is 1. The summed E-state index contributed by atoms with van der Waals surface area (Å²) >= 11 is 0. The molecule has 3 saturated heterocycles. The minimum absolute atomic E-state index is 0.0712. The molecule has 14 nitrogen and oxygen atoms in total. The Labute approximate surface area is 368 Å². The number of cyclic esters (lactones) is 1. The molecule has 1 unspecified atom stereocenters. The SMILES string of the molecule is CC[C@@H](OC(=O)[C@H](C)C(=O)[C@H](C)[C@@H](O[C@@H]1O[C@H](C)C[C@H](N(C)C)[C@H]1O)C(C)(C[C@@H](C)C(C)=O)OC/C=C/c1cnc2ccccc2c1)[C@@]1(C)OC(=O)N(CCN2CCCC2)[C@H]1C. The second-order valence-electron chi connectivity index (χ2n) is 18.5. The third-order valence-electron chi connectivity index (χ3n) is 13.6. The fourth-order valence-electron chi connectivity index (χ4n) is 9.38. The molecule has 5 rings (SSSR count). The van der Waals surface area contributed by atoms with Crippen molar-refractivity contribution in [3.8, 4) is 0 Å². The van der Waals surface area contributed by atoms with E-state index in [1.165, 1.54) is 13.8 Å². The number of nitrogens with zero attached hydrogens (tertiary/aromatic N) is 4. The van der Waals surface area contributed by atoms with Crippen LogP contribution in [0.4, 0.5) is 4.79 Å². The van der Waals surface area contributed by atoms with Gasteiger partial charge in [-0.3, -0.25) is 19.4 Å². The number of hydrogen-bond acceptors (Lipinski definition) is 13. The van der Waals surface area contributed by atoms with Crippen LogP contribution in [0.15, 0.2) is 42.6 Å². The zero-order valence-corrected chi connectivity index (χ0v) is 38.9. The van der Waals surface area contributed by atoms with Gasteiger partial charge in [0.05, 0.1) is 36.0 Å². The van der Waals surface area contributed by atoms with Gasteiger partial charge < -0.3 is 43.5 Å². The van der Waals surface area contributed by atoms with Crippen LogP contribution in [0.2, 0.25) is 0 Å². The maximum Gasteiger partial charge on any atom is 0.410 e. The second kappa shape index (κ2) is 21.3. The Morgan fingerprint density at radius 2 is 1.81 bits per heavy atom. The number of likely N-dealkylation sites (N-methyl/N-ethyl adjacent to an activating group) is 1. The predicted molar refractivity (Wildman–Crippen MR) is 237 cm³/mol. The number of pyridine rings is 1. The molecule has 3 aliphatic rings. The van der Waals surface area contributed by atoms with Gasteiger partial charge in [0.25, 0.3) is 0 Å². The Morgan fingerprint density at radius 3 is 2.47 bits per heavy atom. The summed E-state index contributed by atoms with van der Waals surface area (Å²) in [6.45, 7) is 19.1. The first-order valence-corrected chi connectivity index (χ1v) is 22.6. The maximum absolute atomic E-state index is 14.7. The van der Waals surface area contributed by atoms with E-state index < -0.39 is 71.4 Å². The number of hydrogen-bond donors (Lipinski definition) is 1. The number of aliphatic hydroxyl groups is 1. The second-order valence-corrected chi connectivity index (χ2v) is 18.5. The van der Waals surface area contributed by atoms with Crippen molar-refractivity contribution in [2.75, 3.05) is 46.9 Å². The van der Waals surface area contributed by atoms with E-state index in [0.29, 0.717) is 19.4 Å². The van der Waals surface area contributed by atoms with Gasteiger partial charge in [0, 0.05) is 42.6 Å². The topological polar surface area (TPSA) is 157 Å². The summed E-state index contributed by atoms with van der Waals surface area (Å²) < 4.78 is 31.8. The summed E-state index contributed by atoms with van der Waals surface area (Å²) in [4.78, 5) is 65.3. The van der Waals surface area contributed by atoms with E-state index in [2.05, 4.69) is 9.88 Å². The number of ketones is 2. The van der Waals surface area contributed by atoms with Crippen molar-refractivity contribution < 1.29 is 48.0 Å². The van der Waals surface area contributed by atoms with Crippen LogP contribution in [0.5, 0.6) is 0 Å². The van der Waals surface area contributed by atoms with E-state index in [9.17, 15) is 24.3 Å². The number of amides is 1. The van der Waals surface area contributed by atoms with Crippen molar-refractivity contribution in [1.29, 1.82) is 0 Å². The lowest BCUT2D eigenvalue weighted by molar-refractivity contribution is -0.296. The van der Waals surface area contributed by atoms with Crippen molar-refractivity contribution in [3.05, 3.63) is 48.2 Å². The molecule has 0 saturated carbocycles. The molecule has 14 heteroatoms. The Hall–Kier alpha value is -3.79. The molecule has 4 heterocycles. The number of ether oxygens (including phenoxy) is 5. The number of rotatable bonds is 21. The van der Waals surface area contributed by atoms with E-state index in [0.717, 1.165) is 48.9 Å². The molecule has 1 N–H and O–H groups in total. The molecule has 1 aromatic carbocycles. The van der Waals surface area contributed by atoms with E-state index in [1.54, 1.807) is 38.8 Å². The lowest BCUT2D eigenvalue weighted by Crippen LogP contribution is -2.59. The van der Waals surface area contributed by atoms with Crippen LogP contribution in [0, 0.1) is 17.8 Å². The van der Waals surface area contributed by atoms with Crippen molar-refractivity contribution in [2.24, 2.45) is 17.8 Å². The molecule has 0 spiro atoms. The lowest BCUT2D eigenvalue weighted by atomic mass is 9.78. The number of aliphatic hydroxyl groups excluding tert-OH is 1. The largest absolute Gasteiger partial charge is 0.458 e. The van der Waals surface area contributed by atoms with Gasteiger partial charge in [-0.1, -0.05) is 51.1 Å². The molecule has 1 amide bonds. The third kappa shape index (κ3) is 11.5. The minimum Gasteiger partial charge on any atom is -0.458 e. The van der Waals surface area contributed by atoms with Gasteiger partial charge in [0.1, 0.15) is 23.9 Å². The number of esters is 1. The quantitative estimate of drug-likeness (QED) is 0.110. The smallest absolute Gasteiger partial charge is 0.410 e. The zero-order chi connectivity index (χ0) is 45.5. The van der Waals surface area contributed by atoms with Crippen molar-refractivity contribution in [1.82, 2.24) is 19.7 Å². The number of para-hydroxylation sites is 1. The zero-order valence-electron chi connectivity index (χ0n) is 38.9. The summed E-state index contributed by atoms with van der Waals surface area (Å²) in [6.07, 6.45) is 3.98. The van der Waals surface area contributed by atoms with Gasteiger partial charge in [0.2, 0.25) is 0 Å². The molecule has 344 valence electrons. The fraction of sp³-hybridized carbons (Fsp3) is 0.688. The molecule has 0 bridgehead atoms. The Morgan fingerprint density at radius 1 is 1.11 bits per heavy atom. The monoisotopic (exact) mass is 865 g/mol. The van der Waals surface area contributed by atoms with E-state index in [1.807, 2.05) is 82.3 Å². The Kier molecular flexibility index (Phi) is 16.9. The third-order valence-corrected chi connectivity index (χ3v) is 13.6. The number of aromatic nitrogens is 1. The number of carbonyl (C=O) groups excluding carboxylic acids is 4. The lowest BCUT2D eigenvalue weighted by Gasteiger charge is -2.47. The molecule has 0 aliphatic carbocycles. The Balaban J connectivity index is 1.39. The van der Waals surface area contributed by atoms with Crippen LogP contribution in [-0.2, 0) is 38.1 Å². The first kappa shape index (κ1) is 49.2. The highest BCUT2D eigenvalue weighted by Crippen LogP contribution is 2.39. The summed E-state index contributed by atoms with van der Waals surface area (Å²) in [7, 11) is 3.75. The van der Waals surface area contributed by atoms with Gasteiger partial charge in [-0.15, -0.1) is 0 Å². The highest BCUT2D eigenvalue weighted by atomic mass is 16.7. The highest BCUT2D eigenvalue weighted by Gasteiger charge is 2.55. The van der Waals surface area contributed by atoms with E-state index in [4.69, 9.17) is 23.7 Å². The normalized spacial score (nSPS) is 28.1. The molecule has 1 aromatic heterocycles. The predicted octanol–water partition coefficient (Wildman–Crippen LogP) is 6.31. The summed E-state index contributed by atoms with van der Waals surface area (Å²) in [5.74, 6) is -4.07. The molecular formula is C48H72N4O10. The average molecular weight is 865 g/mol. The molecule has 0 radical (unpaired) electrons. The van der Waals surface area contributed by atoms with Crippen LogP contribution in [0.25, 0.3) is 17.0 Å². The van der Waals surface area contributed by atoms with Crippen molar-refractivity contribution in [3.63, 3.8) is 0 Å². The van der Waals surface area contributed by atoms with E-state index >= 15 is 0 Å². The molecular weight excluding hydrogens is 793 g/mol. The number of Topliss-reactive ketones (excluding diaryl/α,β-unsaturated/α-hetero) is 2. The summed E-state index contributed by atoms with van der Waals surface area (Å²) in [5.41, 5.74) is -0.703. The standard InChI is InChI=1S/C48H72N4O10/c1-12-40(48(9)35(7)52(46(57)62-48)24-23-51-21-15-16-22-51)60-44(56)33(5)41(54)32(4)43(61-45-42(55)39(50(10)11)26-31(3)59-45)47(8,28-30(2)34(6)53)58-25-17-18-36-27-37-19-13-14-20-38(37)49-29-36/h13-14,17-20,27,29-33,35,39-40,42-43,45,55H,12,15-16,21-26,28H2,1-11H3/b18-17+/t30-,31-,32+,33-,35+,39+,40-,42-,43-,45+,47?,48+/m1/s1. The number of carbonyl (C=O) groups is 4. The first-order chi connectivity index (χ1) is 29.3. The number of likely N-dealkylation sites (tertiary alicyclic amines) is 1. The highest BCUT2D eigenvalue weighted by molar-refractivity contribution is 6.00. The first-order valence-electron chi connectivity index (χ1n) is 22.6. The van der Waals surface area contributed by atoms with Crippen LogP contribution in [0.3, 0.4) is 0 Å². The van der Waals surface area contributed by atoms with Gasteiger partial charge in [-0.2, -0.15) is 0 Å². The van der Waals surface area contributed by atoms with Crippen molar-refractivity contribution in [2.45, 2.75) is 148 Å². The summed E-state index contributed by atoms with van der Waals surface area (Å²) in [6, 6.07) is 9.18. The van der Waals surface area contributed by atoms with Gasteiger partial charge >= 0.3 is 12.1 Å². The molecule has 2 aromatic rings. The fourth-order valence-corrected chi connectivity index (χ4v) is 9.38. The number of benzene rings is 1. The molecule has 12 atom stereocenters. The van der Waals surface area contributed by atoms with E-state index in [-0.39, 0.29) is 37.0 Å². The maximum atomic E-state index is 14.7. The van der Waals surface area contributed by atoms with Crippen LogP contribution in [0.1, 0.15) is 100.0 Å². The molecule has 3 fully saturated rings. The van der Waals surface area contributed by atoms with Crippen LogP contribution < -0.4 is 0 Å². The van der Waals surface area contributed by atoms with Gasteiger partial charge in [-0.05, 0) is 119 Å².